The minimum atomic E-state index is -0.565. The van der Waals surface area contributed by atoms with Crippen molar-refractivity contribution in [1.29, 1.82) is 0 Å². The molecule has 1 heterocycles. The van der Waals surface area contributed by atoms with E-state index in [2.05, 4.69) is 20.9 Å². The Bertz CT molecular complexity index is 260. The Morgan fingerprint density at radius 3 is 2.82 bits per heavy atom. The van der Waals surface area contributed by atoms with Crippen LogP contribution in [0.4, 0.5) is 0 Å². The molecule has 1 amide bonds. The van der Waals surface area contributed by atoms with Gasteiger partial charge in [-0.05, 0) is 28.1 Å². The Kier molecular flexibility index (Phi) is 2.56. The van der Waals surface area contributed by atoms with Crippen LogP contribution in [0.3, 0.4) is 0 Å². The number of aromatic nitrogens is 1. The summed E-state index contributed by atoms with van der Waals surface area (Å²) >= 11 is 3.11. The van der Waals surface area contributed by atoms with Crippen LogP contribution in [-0.4, -0.2) is 16.1 Å². The summed E-state index contributed by atoms with van der Waals surface area (Å²) in [5.74, 6) is -0.565. The minimum absolute atomic E-state index is 0.315. The fraction of sp³-hybridized carbons (Fsp3) is 0. The maximum absolute atomic E-state index is 10.7. The Morgan fingerprint density at radius 1 is 1.64 bits per heavy atom. The standard InChI is InChI=1S/C6H5BrN2O2/c7-5-2-1-4(3-8-5)6(10)9-11/h1-3,11H,(H,9,10). The largest absolute Gasteiger partial charge is 0.288 e. The van der Waals surface area contributed by atoms with Crippen molar-refractivity contribution >= 4 is 21.8 Å². The van der Waals surface area contributed by atoms with E-state index in [4.69, 9.17) is 5.21 Å². The lowest BCUT2D eigenvalue weighted by molar-refractivity contribution is 0.0706. The number of hydrogen-bond acceptors (Lipinski definition) is 3. The molecule has 11 heavy (non-hydrogen) atoms. The Morgan fingerprint density at radius 2 is 2.36 bits per heavy atom. The highest BCUT2D eigenvalue weighted by Crippen LogP contribution is 2.05. The van der Waals surface area contributed by atoms with E-state index in [9.17, 15) is 4.79 Å². The third-order valence-electron chi connectivity index (χ3n) is 1.09. The van der Waals surface area contributed by atoms with Crippen molar-refractivity contribution in [2.24, 2.45) is 0 Å². The van der Waals surface area contributed by atoms with Crippen LogP contribution >= 0.6 is 15.9 Å². The van der Waals surface area contributed by atoms with E-state index < -0.39 is 5.91 Å². The monoisotopic (exact) mass is 216 g/mol. The molecule has 5 heteroatoms. The molecular formula is C6H5BrN2O2. The van der Waals surface area contributed by atoms with Gasteiger partial charge in [-0.25, -0.2) is 10.5 Å². The van der Waals surface area contributed by atoms with E-state index in [1.54, 1.807) is 12.1 Å². The second-order valence-electron chi connectivity index (χ2n) is 1.81. The predicted octanol–water partition coefficient (Wildman–Crippen LogP) is 0.963. The van der Waals surface area contributed by atoms with Crippen LogP contribution in [0.2, 0.25) is 0 Å². The second-order valence-corrected chi connectivity index (χ2v) is 2.62. The number of rotatable bonds is 1. The molecule has 0 aliphatic carbocycles. The summed E-state index contributed by atoms with van der Waals surface area (Å²) in [6, 6.07) is 3.16. The van der Waals surface area contributed by atoms with Crippen molar-refractivity contribution in [2.45, 2.75) is 0 Å². The van der Waals surface area contributed by atoms with Crippen LogP contribution in [0.1, 0.15) is 10.4 Å². The molecule has 0 fully saturated rings. The van der Waals surface area contributed by atoms with Gasteiger partial charge in [-0.2, -0.15) is 0 Å². The van der Waals surface area contributed by atoms with Crippen molar-refractivity contribution < 1.29 is 10.0 Å². The summed E-state index contributed by atoms with van der Waals surface area (Å²) in [5, 5.41) is 8.22. The number of nitrogens with zero attached hydrogens (tertiary/aromatic N) is 1. The highest BCUT2D eigenvalue weighted by atomic mass is 79.9. The fourth-order valence-electron chi connectivity index (χ4n) is 0.575. The number of halogens is 1. The van der Waals surface area contributed by atoms with E-state index in [0.717, 1.165) is 0 Å². The Labute approximate surface area is 71.3 Å². The van der Waals surface area contributed by atoms with Gasteiger partial charge in [0.2, 0.25) is 0 Å². The van der Waals surface area contributed by atoms with E-state index in [1.165, 1.54) is 11.7 Å². The lowest BCUT2D eigenvalue weighted by Crippen LogP contribution is -2.18. The Hall–Kier alpha value is -0.940. The lowest BCUT2D eigenvalue weighted by Gasteiger charge is -1.96. The average Bonchev–Trinajstić information content (AvgIpc) is 2.05. The van der Waals surface area contributed by atoms with E-state index >= 15 is 0 Å². The molecule has 0 aromatic carbocycles. The first-order chi connectivity index (χ1) is 5.24. The van der Waals surface area contributed by atoms with E-state index in [-0.39, 0.29) is 0 Å². The number of nitrogens with one attached hydrogen (secondary N) is 1. The van der Waals surface area contributed by atoms with Crippen LogP contribution in [0, 0.1) is 0 Å². The normalized spacial score (nSPS) is 9.27. The first-order valence-electron chi connectivity index (χ1n) is 2.80. The first kappa shape index (κ1) is 8.16. The molecule has 0 bridgehead atoms. The van der Waals surface area contributed by atoms with Crippen LogP contribution < -0.4 is 5.48 Å². The summed E-state index contributed by atoms with van der Waals surface area (Å²) in [7, 11) is 0. The van der Waals surface area contributed by atoms with E-state index in [0.29, 0.717) is 10.2 Å². The van der Waals surface area contributed by atoms with Gasteiger partial charge in [-0.1, -0.05) is 0 Å². The zero-order valence-electron chi connectivity index (χ0n) is 5.41. The number of carbonyl (C=O) groups excluding carboxylic acids is 1. The molecule has 58 valence electrons. The Balaban J connectivity index is 2.90. The highest BCUT2D eigenvalue weighted by Gasteiger charge is 2.02. The van der Waals surface area contributed by atoms with Crippen LogP contribution in [0.25, 0.3) is 0 Å². The second kappa shape index (κ2) is 3.45. The number of hydroxylamine groups is 1. The molecule has 1 aromatic heterocycles. The van der Waals surface area contributed by atoms with Gasteiger partial charge < -0.3 is 0 Å². The molecule has 4 nitrogen and oxygen atoms in total. The van der Waals surface area contributed by atoms with Gasteiger partial charge in [0.25, 0.3) is 5.91 Å². The van der Waals surface area contributed by atoms with Gasteiger partial charge in [-0.3, -0.25) is 10.0 Å². The molecule has 0 aliphatic rings. The quantitative estimate of drug-likeness (QED) is 0.418. The van der Waals surface area contributed by atoms with Gasteiger partial charge in [0, 0.05) is 6.20 Å². The van der Waals surface area contributed by atoms with Crippen molar-refractivity contribution in [3.8, 4) is 0 Å². The zero-order valence-corrected chi connectivity index (χ0v) is 7.00. The van der Waals surface area contributed by atoms with Gasteiger partial charge in [0.05, 0.1) is 5.56 Å². The van der Waals surface area contributed by atoms with Crippen molar-refractivity contribution in [3.05, 3.63) is 28.5 Å². The SMILES string of the molecule is O=C(NO)c1ccc(Br)nc1. The summed E-state index contributed by atoms with van der Waals surface area (Å²) in [5.41, 5.74) is 1.82. The van der Waals surface area contributed by atoms with Gasteiger partial charge in [0.15, 0.2) is 0 Å². The third kappa shape index (κ3) is 1.99. The fourth-order valence-corrected chi connectivity index (χ4v) is 0.809. The molecule has 0 unspecified atom stereocenters. The number of amides is 1. The third-order valence-corrected chi connectivity index (χ3v) is 1.56. The number of hydrogen-bond donors (Lipinski definition) is 2. The number of carbonyl (C=O) groups is 1. The zero-order chi connectivity index (χ0) is 8.27. The topological polar surface area (TPSA) is 62.2 Å². The van der Waals surface area contributed by atoms with Gasteiger partial charge in [-0.15, -0.1) is 0 Å². The van der Waals surface area contributed by atoms with Crippen LogP contribution in [-0.2, 0) is 0 Å². The molecule has 2 N–H and O–H groups in total. The summed E-state index contributed by atoms with van der Waals surface area (Å²) in [6.45, 7) is 0. The van der Waals surface area contributed by atoms with Crippen molar-refractivity contribution in [2.75, 3.05) is 0 Å². The average molecular weight is 217 g/mol. The molecule has 0 saturated carbocycles. The smallest absolute Gasteiger partial charge is 0.276 e. The molecule has 0 atom stereocenters. The van der Waals surface area contributed by atoms with Crippen molar-refractivity contribution in [3.63, 3.8) is 0 Å². The number of pyridine rings is 1. The minimum Gasteiger partial charge on any atom is -0.288 e. The lowest BCUT2D eigenvalue weighted by atomic mass is 10.3. The maximum Gasteiger partial charge on any atom is 0.276 e. The summed E-state index contributed by atoms with van der Waals surface area (Å²) in [4.78, 5) is 14.5. The van der Waals surface area contributed by atoms with Gasteiger partial charge >= 0.3 is 0 Å². The van der Waals surface area contributed by atoms with E-state index in [1.807, 2.05) is 0 Å². The summed E-state index contributed by atoms with van der Waals surface area (Å²) in [6.07, 6.45) is 1.36. The van der Waals surface area contributed by atoms with Crippen LogP contribution in [0.5, 0.6) is 0 Å². The molecule has 1 aromatic rings. The molecular weight excluding hydrogens is 212 g/mol. The van der Waals surface area contributed by atoms with Crippen LogP contribution in [0.15, 0.2) is 22.9 Å². The molecule has 0 saturated heterocycles. The first-order valence-corrected chi connectivity index (χ1v) is 3.59. The molecule has 0 spiro atoms. The molecule has 0 radical (unpaired) electrons. The molecule has 0 aliphatic heterocycles. The maximum atomic E-state index is 10.7. The summed E-state index contributed by atoms with van der Waals surface area (Å²) < 4.78 is 0.645. The van der Waals surface area contributed by atoms with Gasteiger partial charge in [0.1, 0.15) is 4.60 Å². The highest BCUT2D eigenvalue weighted by molar-refractivity contribution is 9.10. The predicted molar refractivity (Wildman–Crippen MR) is 41.2 cm³/mol. The van der Waals surface area contributed by atoms with Crippen molar-refractivity contribution in [1.82, 2.24) is 10.5 Å². The molecule has 1 rings (SSSR count).